The topological polar surface area (TPSA) is 115 Å². The maximum Gasteiger partial charge on any atom is 0.334 e. The predicted molar refractivity (Wildman–Crippen MR) is 184 cm³/mol. The number of amides is 4. The fraction of sp³-hybridized carbons (Fsp3) is 0.342. The van der Waals surface area contributed by atoms with Crippen molar-refractivity contribution < 1.29 is 23.9 Å². The summed E-state index contributed by atoms with van der Waals surface area (Å²) in [6, 6.07) is 26.5. The number of para-hydroxylation sites is 2. The molecule has 3 heterocycles. The Morgan fingerprint density at radius 2 is 1.67 bits per heavy atom. The highest BCUT2D eigenvalue weighted by molar-refractivity contribution is 5.92. The molecule has 2 aliphatic rings. The van der Waals surface area contributed by atoms with Gasteiger partial charge in [-0.15, -0.1) is 0 Å². The highest BCUT2D eigenvalue weighted by Crippen LogP contribution is 2.35. The average Bonchev–Trinajstić information content (AvgIpc) is 3.11. The number of hydrogen-bond acceptors (Lipinski definition) is 7. The fourth-order valence-electron chi connectivity index (χ4n) is 6.87. The van der Waals surface area contributed by atoms with Gasteiger partial charge in [0.15, 0.2) is 0 Å². The van der Waals surface area contributed by atoms with Gasteiger partial charge in [0.1, 0.15) is 18.0 Å². The summed E-state index contributed by atoms with van der Waals surface area (Å²) in [7, 11) is 1.72. The van der Waals surface area contributed by atoms with Crippen LogP contribution in [-0.2, 0) is 27.5 Å². The molecule has 4 amide bonds. The van der Waals surface area contributed by atoms with E-state index in [1.807, 2.05) is 80.6 Å². The molecule has 0 spiro atoms. The van der Waals surface area contributed by atoms with Gasteiger partial charge in [0, 0.05) is 38.1 Å². The number of esters is 1. The first-order valence-electron chi connectivity index (χ1n) is 16.7. The number of ether oxygens (including phenoxy) is 1. The van der Waals surface area contributed by atoms with E-state index in [-0.39, 0.29) is 49.2 Å². The number of aromatic nitrogens is 1. The van der Waals surface area contributed by atoms with Gasteiger partial charge >= 0.3 is 12.0 Å². The Hall–Kier alpha value is -5.29. The van der Waals surface area contributed by atoms with Gasteiger partial charge < -0.3 is 19.9 Å². The van der Waals surface area contributed by atoms with Gasteiger partial charge in [-0.05, 0) is 55.0 Å². The maximum absolute atomic E-state index is 14.5. The molecule has 6 rings (SSSR count). The number of fused-ring (bicyclic) bond motifs is 2. The van der Waals surface area contributed by atoms with Crippen molar-refractivity contribution in [1.29, 1.82) is 0 Å². The molecule has 3 aromatic carbocycles. The molecule has 0 saturated carbocycles. The standard InChI is InChI=1S/C38H42N6O5/c1-26(19-20-34(46)49-31-17-8-5-9-18-31)22-32-37(47)42(24-30-15-10-14-29-16-11-21-39-35(29)30)27(2)36-43(32)33(45)25-41(3)44(36)38(48)40-23-28-12-6-4-7-13-28/h4-18,21,26-27,32,36H,19-20,22-25H2,1-3H3,(H,40,48)/t26?,27-,32-,36?/m0/s1. The molecule has 0 aliphatic carbocycles. The van der Waals surface area contributed by atoms with E-state index in [9.17, 15) is 19.2 Å². The first-order chi connectivity index (χ1) is 23.7. The Morgan fingerprint density at radius 1 is 0.959 bits per heavy atom. The van der Waals surface area contributed by atoms with Crippen LogP contribution in [0.3, 0.4) is 0 Å². The van der Waals surface area contributed by atoms with Crippen LogP contribution in [0.15, 0.2) is 97.2 Å². The number of likely N-dealkylation sites (N-methyl/N-ethyl adjacent to an activating group) is 1. The van der Waals surface area contributed by atoms with Crippen LogP contribution in [0.4, 0.5) is 4.79 Å². The Balaban J connectivity index is 1.27. The van der Waals surface area contributed by atoms with E-state index in [2.05, 4.69) is 10.3 Å². The normalized spacial score (nSPS) is 20.2. The third kappa shape index (κ3) is 7.41. The number of nitrogens with zero attached hydrogens (tertiary/aromatic N) is 5. The molecule has 11 heteroatoms. The Labute approximate surface area is 286 Å². The first kappa shape index (κ1) is 33.6. The van der Waals surface area contributed by atoms with Crippen LogP contribution >= 0.6 is 0 Å². The quantitative estimate of drug-likeness (QED) is 0.188. The minimum atomic E-state index is -0.838. The van der Waals surface area contributed by atoms with Crippen molar-refractivity contribution in [3.63, 3.8) is 0 Å². The van der Waals surface area contributed by atoms with Gasteiger partial charge in [0.2, 0.25) is 11.8 Å². The van der Waals surface area contributed by atoms with E-state index in [4.69, 9.17) is 4.74 Å². The number of carbonyl (C=O) groups excluding carboxylic acids is 4. The van der Waals surface area contributed by atoms with Crippen LogP contribution in [0.5, 0.6) is 5.75 Å². The zero-order chi connectivity index (χ0) is 34.5. The molecular weight excluding hydrogens is 620 g/mol. The van der Waals surface area contributed by atoms with Crippen LogP contribution in [0.1, 0.15) is 44.2 Å². The van der Waals surface area contributed by atoms with E-state index in [1.54, 1.807) is 57.3 Å². The number of hydrogen-bond donors (Lipinski definition) is 1. The molecule has 11 nitrogen and oxygen atoms in total. The van der Waals surface area contributed by atoms with Crippen molar-refractivity contribution in [3.05, 3.63) is 108 Å². The first-order valence-corrected chi connectivity index (χ1v) is 16.7. The zero-order valence-electron chi connectivity index (χ0n) is 28.1. The van der Waals surface area contributed by atoms with Crippen molar-refractivity contribution in [2.75, 3.05) is 13.6 Å². The minimum absolute atomic E-state index is 0.0587. The summed E-state index contributed by atoms with van der Waals surface area (Å²) in [5.41, 5.74) is 2.61. The van der Waals surface area contributed by atoms with E-state index in [1.165, 1.54) is 0 Å². The van der Waals surface area contributed by atoms with Crippen LogP contribution in [0, 0.1) is 5.92 Å². The Morgan fingerprint density at radius 3 is 2.43 bits per heavy atom. The van der Waals surface area contributed by atoms with Gasteiger partial charge in [0.05, 0.1) is 18.1 Å². The summed E-state index contributed by atoms with van der Waals surface area (Å²) < 4.78 is 5.48. The van der Waals surface area contributed by atoms with E-state index in [0.717, 1.165) is 22.0 Å². The molecule has 2 aliphatic heterocycles. The lowest BCUT2D eigenvalue weighted by Crippen LogP contribution is -2.78. The van der Waals surface area contributed by atoms with Gasteiger partial charge in [-0.2, -0.15) is 0 Å². The molecule has 2 fully saturated rings. The molecule has 2 unspecified atom stereocenters. The SMILES string of the molecule is CC(CCC(=O)Oc1ccccc1)C[C@H]1C(=O)N(Cc2cccc3cccnc23)[C@@H](C)C2N1C(=O)CN(C)N2C(=O)NCc1ccccc1. The summed E-state index contributed by atoms with van der Waals surface area (Å²) in [5.74, 6) is -0.418. The summed E-state index contributed by atoms with van der Waals surface area (Å²) >= 11 is 0. The fourth-order valence-corrected chi connectivity index (χ4v) is 6.87. The van der Waals surface area contributed by atoms with Crippen molar-refractivity contribution in [1.82, 2.24) is 30.1 Å². The largest absolute Gasteiger partial charge is 0.427 e. The highest BCUT2D eigenvalue weighted by atomic mass is 16.5. The smallest absolute Gasteiger partial charge is 0.334 e. The lowest BCUT2D eigenvalue weighted by molar-refractivity contribution is -0.197. The Bertz CT molecular complexity index is 1800. The molecule has 0 bridgehead atoms. The van der Waals surface area contributed by atoms with Gasteiger partial charge in [-0.1, -0.05) is 79.7 Å². The number of urea groups is 1. The van der Waals surface area contributed by atoms with Gasteiger partial charge in [-0.25, -0.2) is 14.8 Å². The van der Waals surface area contributed by atoms with Crippen LogP contribution in [0.2, 0.25) is 0 Å². The predicted octanol–water partition coefficient (Wildman–Crippen LogP) is 4.97. The molecular formula is C38H42N6O5. The van der Waals surface area contributed by atoms with Crippen LogP contribution < -0.4 is 10.1 Å². The third-order valence-corrected chi connectivity index (χ3v) is 9.38. The van der Waals surface area contributed by atoms with Crippen molar-refractivity contribution in [2.45, 2.75) is 64.4 Å². The number of pyridine rings is 1. The van der Waals surface area contributed by atoms with E-state index in [0.29, 0.717) is 25.1 Å². The molecule has 4 atom stereocenters. The molecule has 49 heavy (non-hydrogen) atoms. The average molecular weight is 663 g/mol. The Kier molecular flexibility index (Phi) is 10.2. The number of piperazine rings is 1. The van der Waals surface area contributed by atoms with Crippen LogP contribution in [-0.4, -0.2) is 80.5 Å². The number of hydrazine groups is 1. The third-order valence-electron chi connectivity index (χ3n) is 9.38. The summed E-state index contributed by atoms with van der Waals surface area (Å²) in [4.78, 5) is 63.0. The lowest BCUT2D eigenvalue weighted by Gasteiger charge is -2.57. The number of benzene rings is 3. The number of nitrogens with one attached hydrogen (secondary N) is 1. The van der Waals surface area contributed by atoms with Crippen molar-refractivity contribution >= 4 is 34.7 Å². The molecule has 0 radical (unpaired) electrons. The van der Waals surface area contributed by atoms with Gasteiger partial charge in [0.25, 0.3) is 0 Å². The second kappa shape index (κ2) is 14.9. The molecule has 1 aromatic heterocycles. The van der Waals surface area contributed by atoms with Crippen molar-refractivity contribution in [3.8, 4) is 5.75 Å². The summed E-state index contributed by atoms with van der Waals surface area (Å²) in [6.07, 6.45) is 1.91. The number of carbonyl (C=O) groups is 4. The zero-order valence-corrected chi connectivity index (χ0v) is 28.1. The minimum Gasteiger partial charge on any atom is -0.427 e. The maximum atomic E-state index is 14.5. The molecule has 254 valence electrons. The molecule has 1 N–H and O–H groups in total. The highest BCUT2D eigenvalue weighted by Gasteiger charge is 2.54. The van der Waals surface area contributed by atoms with Crippen molar-refractivity contribution in [2.24, 2.45) is 5.92 Å². The summed E-state index contributed by atoms with van der Waals surface area (Å²) in [6.45, 7) is 4.36. The van der Waals surface area contributed by atoms with Gasteiger partial charge in [-0.3, -0.25) is 19.4 Å². The number of rotatable bonds is 10. The molecule has 4 aromatic rings. The summed E-state index contributed by atoms with van der Waals surface area (Å²) in [5, 5.41) is 7.18. The molecule has 2 saturated heterocycles. The van der Waals surface area contributed by atoms with E-state index < -0.39 is 18.2 Å². The van der Waals surface area contributed by atoms with E-state index >= 15 is 0 Å². The monoisotopic (exact) mass is 662 g/mol. The lowest BCUT2D eigenvalue weighted by atomic mass is 9.90. The second-order valence-electron chi connectivity index (χ2n) is 12.9. The second-order valence-corrected chi connectivity index (χ2v) is 12.9. The van der Waals surface area contributed by atoms with Crippen LogP contribution in [0.25, 0.3) is 10.9 Å².